The molecule has 13 heteroatoms. The predicted molar refractivity (Wildman–Crippen MR) is 136 cm³/mol. The lowest BCUT2D eigenvalue weighted by molar-refractivity contribution is -0.137. The van der Waals surface area contributed by atoms with Gasteiger partial charge in [0.25, 0.3) is 5.91 Å². The summed E-state index contributed by atoms with van der Waals surface area (Å²) < 4.78 is 45.2. The Morgan fingerprint density at radius 2 is 1.84 bits per heavy atom. The summed E-state index contributed by atoms with van der Waals surface area (Å²) in [5.41, 5.74) is 4.86. The second-order valence-corrected chi connectivity index (χ2v) is 10.9. The molecule has 9 nitrogen and oxygen atoms in total. The van der Waals surface area contributed by atoms with Crippen LogP contribution in [0.3, 0.4) is 0 Å². The third kappa shape index (κ3) is 5.99. The number of likely N-dealkylation sites (tertiary alicyclic amines) is 1. The van der Waals surface area contributed by atoms with Crippen LogP contribution in [0.25, 0.3) is 10.2 Å². The molecule has 2 aromatic heterocycles. The maximum absolute atomic E-state index is 13.2. The number of aryl methyl sites for hydroxylation is 1. The molecule has 3 heterocycles. The highest BCUT2D eigenvalue weighted by molar-refractivity contribution is 7.20. The fraction of sp³-hybridized carbons (Fsp3) is 0.440. The number of benzene rings is 1. The van der Waals surface area contributed by atoms with Crippen LogP contribution in [0.4, 0.5) is 29.5 Å². The lowest BCUT2D eigenvalue weighted by Crippen LogP contribution is -2.46. The molecule has 0 radical (unpaired) electrons. The number of hydrogen-bond donors (Lipinski definition) is 1. The molecule has 2 N–H and O–H groups in total. The topological polar surface area (TPSA) is 111 Å². The number of halogens is 3. The number of fused-ring (bicyclic) bond motifs is 1. The molecular weight excluding hydrogens is 523 g/mol. The molecule has 1 aliphatic heterocycles. The smallest absolute Gasteiger partial charge is 0.416 e. The molecule has 1 aromatic carbocycles. The summed E-state index contributed by atoms with van der Waals surface area (Å²) in [6.45, 7) is 7.71. The van der Waals surface area contributed by atoms with Crippen molar-refractivity contribution in [3.8, 4) is 0 Å². The maximum Gasteiger partial charge on any atom is 0.416 e. The first-order valence-electron chi connectivity index (χ1n) is 11.9. The van der Waals surface area contributed by atoms with Gasteiger partial charge >= 0.3 is 12.3 Å². The average molecular weight is 552 g/mol. The highest BCUT2D eigenvalue weighted by Gasteiger charge is 2.33. The van der Waals surface area contributed by atoms with Crippen LogP contribution >= 0.6 is 11.3 Å². The summed E-state index contributed by atoms with van der Waals surface area (Å²) in [5, 5.41) is 1.82. The van der Waals surface area contributed by atoms with Crippen LogP contribution in [0.15, 0.2) is 30.6 Å². The van der Waals surface area contributed by atoms with Crippen molar-refractivity contribution in [2.45, 2.75) is 58.4 Å². The Hall–Kier alpha value is -3.45. The van der Waals surface area contributed by atoms with Crippen molar-refractivity contribution in [2.75, 3.05) is 18.2 Å². The number of hydrogen-bond acceptors (Lipinski definition) is 8. The first kappa shape index (κ1) is 27.6. The summed E-state index contributed by atoms with van der Waals surface area (Å²) in [6.07, 6.45) is -3.00. The molecule has 1 unspecified atom stereocenters. The van der Waals surface area contributed by atoms with E-state index in [1.807, 2.05) is 0 Å². The van der Waals surface area contributed by atoms with Gasteiger partial charge in [0, 0.05) is 6.54 Å². The van der Waals surface area contributed by atoms with Crippen molar-refractivity contribution < 1.29 is 32.3 Å². The first-order chi connectivity index (χ1) is 17.7. The van der Waals surface area contributed by atoms with Gasteiger partial charge in [-0.15, -0.1) is 11.3 Å². The molecule has 0 spiro atoms. The number of ether oxygens (including phenoxy) is 1. The van der Waals surface area contributed by atoms with E-state index in [0.717, 1.165) is 23.5 Å². The zero-order valence-electron chi connectivity index (χ0n) is 21.3. The first-order valence-corrected chi connectivity index (χ1v) is 12.7. The number of primary amides is 1. The van der Waals surface area contributed by atoms with E-state index in [2.05, 4.69) is 9.97 Å². The molecule has 1 fully saturated rings. The lowest BCUT2D eigenvalue weighted by atomic mass is 10.1. The molecule has 1 aliphatic rings. The van der Waals surface area contributed by atoms with Crippen LogP contribution in [0.2, 0.25) is 0 Å². The summed E-state index contributed by atoms with van der Waals surface area (Å²) >= 11 is 1.09. The summed E-state index contributed by atoms with van der Waals surface area (Å²) in [7, 11) is 0. The fourth-order valence-electron chi connectivity index (χ4n) is 4.13. The molecule has 1 atom stereocenters. The second-order valence-electron chi connectivity index (χ2n) is 9.93. The van der Waals surface area contributed by atoms with Crippen LogP contribution < -0.4 is 10.8 Å². The number of nitrogens with zero attached hydrogens (tertiary/aromatic N) is 4. The lowest BCUT2D eigenvalue weighted by Gasteiger charge is -2.36. The predicted octanol–water partition coefficient (Wildman–Crippen LogP) is 5.59. The highest BCUT2D eigenvalue weighted by atomic mass is 32.1. The molecule has 2 amide bonds. The van der Waals surface area contributed by atoms with E-state index in [1.54, 1.807) is 32.6 Å². The second kappa shape index (κ2) is 10.4. The van der Waals surface area contributed by atoms with Crippen LogP contribution in [-0.2, 0) is 15.8 Å². The van der Waals surface area contributed by atoms with Gasteiger partial charge in [-0.05, 0) is 70.4 Å². The Morgan fingerprint density at radius 1 is 1.16 bits per heavy atom. The van der Waals surface area contributed by atoms with E-state index in [1.165, 1.54) is 23.5 Å². The molecule has 0 aliphatic carbocycles. The standard InChI is InChI=1S/C25H28F3N5O4S/c1-14-18-21(30-13-31-22(18)38-19(14)20(29)34)33(16-9-7-15(8-10-16)25(26,27)28)37-17-6-5-11-32(12-17)23(35)36-24(2,3)4/h7-10,13,17H,5-6,11-12H2,1-4H3,(H2,29,34). The van der Waals surface area contributed by atoms with Gasteiger partial charge in [0.1, 0.15) is 22.9 Å². The molecule has 0 saturated carbocycles. The zero-order valence-corrected chi connectivity index (χ0v) is 22.2. The summed E-state index contributed by atoms with van der Waals surface area (Å²) in [4.78, 5) is 41.9. The Bertz CT molecular complexity index is 1340. The average Bonchev–Trinajstić information content (AvgIpc) is 3.18. The number of amides is 2. The monoisotopic (exact) mass is 551 g/mol. The summed E-state index contributed by atoms with van der Waals surface area (Å²) in [6, 6.07) is 4.46. The third-order valence-electron chi connectivity index (χ3n) is 5.84. The highest BCUT2D eigenvalue weighted by Crippen LogP contribution is 2.39. The van der Waals surface area contributed by atoms with Crippen LogP contribution in [0.1, 0.15) is 54.4 Å². The van der Waals surface area contributed by atoms with Gasteiger partial charge in [0.15, 0.2) is 5.82 Å². The number of nitrogens with two attached hydrogens (primary N) is 1. The van der Waals surface area contributed by atoms with Crippen LogP contribution in [-0.4, -0.2) is 51.7 Å². The van der Waals surface area contributed by atoms with Crippen molar-refractivity contribution in [1.29, 1.82) is 0 Å². The zero-order chi connectivity index (χ0) is 27.8. The SMILES string of the molecule is Cc1c(C(N)=O)sc2ncnc(N(OC3CCCN(C(=O)OC(C)(C)C)C3)c3ccc(C(F)(F)F)cc3)c12. The number of alkyl halides is 3. The molecule has 1 saturated heterocycles. The van der Waals surface area contributed by atoms with Crippen molar-refractivity contribution in [2.24, 2.45) is 5.73 Å². The number of carbonyl (C=O) groups excluding carboxylic acids is 2. The minimum Gasteiger partial charge on any atom is -0.444 e. The number of rotatable bonds is 5. The number of carbonyl (C=O) groups is 2. The normalized spacial score (nSPS) is 16.5. The number of aromatic nitrogens is 2. The number of anilines is 2. The Labute approximate surface area is 221 Å². The van der Waals surface area contributed by atoms with Gasteiger partial charge in [-0.25, -0.2) is 19.8 Å². The Kier molecular flexibility index (Phi) is 7.53. The van der Waals surface area contributed by atoms with Gasteiger partial charge in [0.05, 0.1) is 28.1 Å². The largest absolute Gasteiger partial charge is 0.444 e. The van der Waals surface area contributed by atoms with Crippen molar-refractivity contribution >= 4 is 45.1 Å². The van der Waals surface area contributed by atoms with Crippen LogP contribution in [0.5, 0.6) is 0 Å². The number of thiophene rings is 1. The molecule has 3 aromatic rings. The molecule has 4 rings (SSSR count). The van der Waals surface area contributed by atoms with Crippen molar-refractivity contribution in [1.82, 2.24) is 14.9 Å². The van der Waals surface area contributed by atoms with E-state index >= 15 is 0 Å². The molecule has 0 bridgehead atoms. The fourth-order valence-corrected chi connectivity index (χ4v) is 5.12. The molecule has 38 heavy (non-hydrogen) atoms. The maximum atomic E-state index is 13.2. The third-order valence-corrected chi connectivity index (χ3v) is 7.05. The van der Waals surface area contributed by atoms with Crippen molar-refractivity contribution in [3.63, 3.8) is 0 Å². The van der Waals surface area contributed by atoms with Gasteiger partial charge < -0.3 is 15.4 Å². The minimum atomic E-state index is -4.51. The van der Waals surface area contributed by atoms with E-state index < -0.39 is 35.4 Å². The summed E-state index contributed by atoms with van der Waals surface area (Å²) in [5.74, 6) is -0.385. The molecular formula is C25H28F3N5O4S. The Morgan fingerprint density at radius 3 is 2.45 bits per heavy atom. The van der Waals surface area contributed by atoms with Gasteiger partial charge in [-0.1, -0.05) is 0 Å². The Balaban J connectivity index is 1.73. The van der Waals surface area contributed by atoms with Crippen molar-refractivity contribution in [3.05, 3.63) is 46.6 Å². The van der Waals surface area contributed by atoms with Gasteiger partial charge in [0.2, 0.25) is 0 Å². The van der Waals surface area contributed by atoms with Gasteiger partial charge in [-0.3, -0.25) is 9.63 Å². The quantitative estimate of drug-likeness (QED) is 0.412. The van der Waals surface area contributed by atoms with E-state index in [9.17, 15) is 22.8 Å². The number of piperidine rings is 1. The minimum absolute atomic E-state index is 0.204. The van der Waals surface area contributed by atoms with E-state index in [-0.39, 0.29) is 18.1 Å². The van der Waals surface area contributed by atoms with E-state index in [0.29, 0.717) is 40.0 Å². The van der Waals surface area contributed by atoms with Crippen LogP contribution in [0, 0.1) is 6.92 Å². The molecule has 204 valence electrons. The van der Waals surface area contributed by atoms with E-state index in [4.69, 9.17) is 15.3 Å². The van der Waals surface area contributed by atoms with Gasteiger partial charge in [-0.2, -0.15) is 13.2 Å².